The van der Waals surface area contributed by atoms with Crippen LogP contribution in [0.25, 0.3) is 11.0 Å². The molecule has 2 saturated heterocycles. The lowest BCUT2D eigenvalue weighted by Crippen LogP contribution is -2.38. The molecule has 0 atom stereocenters. The summed E-state index contributed by atoms with van der Waals surface area (Å²) in [5.41, 5.74) is 2.32. The van der Waals surface area contributed by atoms with Crippen molar-refractivity contribution in [2.24, 2.45) is 0 Å². The topological polar surface area (TPSA) is 133 Å². The fraction of sp³-hybridized carbons (Fsp3) is 0.485. The van der Waals surface area contributed by atoms with E-state index in [0.717, 1.165) is 68.9 Å². The lowest BCUT2D eigenvalue weighted by atomic mass is 10.0. The smallest absolute Gasteiger partial charge is 0.490 e. The number of anilines is 1. The number of nitrogens with one attached hydrogen (secondary N) is 1. The number of likely N-dealkylation sites (tertiary alicyclic amines) is 2. The maximum Gasteiger partial charge on any atom is 0.490 e. The Bertz CT molecular complexity index is 1560. The number of fused-ring (bicyclic) bond motifs is 1. The Balaban J connectivity index is 0.000000408. The van der Waals surface area contributed by atoms with E-state index in [4.69, 9.17) is 40.6 Å². The van der Waals surface area contributed by atoms with Crippen molar-refractivity contribution in [2.75, 3.05) is 44.6 Å². The van der Waals surface area contributed by atoms with Crippen molar-refractivity contribution in [3.8, 4) is 5.75 Å². The van der Waals surface area contributed by atoms with Crippen LogP contribution in [0, 0.1) is 0 Å². The number of hydrogen-bond donors (Lipinski definition) is 3. The van der Waals surface area contributed by atoms with E-state index >= 15 is 0 Å². The molecule has 3 heterocycles. The van der Waals surface area contributed by atoms with Gasteiger partial charge >= 0.3 is 29.9 Å². The zero-order valence-electron chi connectivity index (χ0n) is 26.9. The average molecular weight is 738 g/mol. The molecule has 0 amide bonds. The molecular weight excluding hydrogens is 700 g/mol. The molecule has 2 aliphatic heterocycles. The SMILES string of the molecule is O=C(O)C(F)(F)F.O=C(O)C(F)(F)F.O=c1cc(NC2CCN(Cc3ccc(OCCCN4CCCCC4)cc3)CC2)c2cc(Cl)ccc2o1. The molecule has 17 heteroatoms. The van der Waals surface area contributed by atoms with Crippen molar-refractivity contribution in [3.05, 3.63) is 69.5 Å². The Kier molecular flexibility index (Phi) is 15.2. The first-order chi connectivity index (χ1) is 23.5. The molecule has 276 valence electrons. The summed E-state index contributed by atoms with van der Waals surface area (Å²) in [6.07, 6.45) is -2.98. The summed E-state index contributed by atoms with van der Waals surface area (Å²) < 4.78 is 74.8. The van der Waals surface area contributed by atoms with Gasteiger partial charge in [-0.15, -0.1) is 0 Å². The minimum atomic E-state index is -5.08. The summed E-state index contributed by atoms with van der Waals surface area (Å²) in [6.45, 7) is 7.37. The first-order valence-corrected chi connectivity index (χ1v) is 16.2. The minimum absolute atomic E-state index is 0.311. The van der Waals surface area contributed by atoms with Gasteiger partial charge in [-0.05, 0) is 81.1 Å². The number of piperidine rings is 2. The van der Waals surface area contributed by atoms with Gasteiger partial charge in [0.15, 0.2) is 0 Å². The number of halogens is 7. The van der Waals surface area contributed by atoms with Gasteiger partial charge in [0.1, 0.15) is 11.3 Å². The summed E-state index contributed by atoms with van der Waals surface area (Å²) in [5.74, 6) is -4.56. The molecule has 3 N–H and O–H groups in total. The van der Waals surface area contributed by atoms with E-state index in [1.54, 1.807) is 12.1 Å². The lowest BCUT2D eigenvalue weighted by Gasteiger charge is -2.33. The number of ether oxygens (including phenoxy) is 1. The molecule has 0 unspecified atom stereocenters. The third kappa shape index (κ3) is 14.1. The third-order valence-corrected chi connectivity index (χ3v) is 8.04. The number of carboxylic acid groups (broad SMARTS) is 2. The average Bonchev–Trinajstić information content (AvgIpc) is 3.05. The number of aliphatic carboxylic acids is 2. The number of hydrogen-bond acceptors (Lipinski definition) is 8. The predicted octanol–water partition coefficient (Wildman–Crippen LogP) is 7.04. The molecule has 0 spiro atoms. The molecule has 0 radical (unpaired) electrons. The zero-order chi connectivity index (χ0) is 36.9. The summed E-state index contributed by atoms with van der Waals surface area (Å²) in [5, 5.41) is 19.3. The second-order valence-corrected chi connectivity index (χ2v) is 12.1. The first kappa shape index (κ1) is 40.4. The van der Waals surface area contributed by atoms with Crippen LogP contribution in [-0.2, 0) is 16.1 Å². The van der Waals surface area contributed by atoms with Crippen LogP contribution in [0.4, 0.5) is 32.0 Å². The number of nitrogens with zero attached hydrogens (tertiary/aromatic N) is 2. The highest BCUT2D eigenvalue weighted by Gasteiger charge is 2.38. The predicted molar refractivity (Wildman–Crippen MR) is 174 cm³/mol. The number of benzene rings is 2. The van der Waals surface area contributed by atoms with E-state index in [1.165, 1.54) is 44.0 Å². The van der Waals surface area contributed by atoms with Crippen LogP contribution in [0.5, 0.6) is 5.75 Å². The van der Waals surface area contributed by atoms with E-state index < -0.39 is 24.3 Å². The highest BCUT2D eigenvalue weighted by molar-refractivity contribution is 6.31. The molecule has 0 saturated carbocycles. The number of alkyl halides is 6. The van der Waals surface area contributed by atoms with E-state index in [-0.39, 0.29) is 5.63 Å². The molecule has 1 aromatic heterocycles. The van der Waals surface area contributed by atoms with Crippen molar-refractivity contribution in [1.82, 2.24) is 9.80 Å². The van der Waals surface area contributed by atoms with E-state index in [0.29, 0.717) is 16.6 Å². The standard InChI is InChI=1S/C29H36ClN3O3.2C2HF3O2/c30-23-7-10-28-26(19-23)27(20-29(34)36-28)31-24-11-16-33(17-12-24)21-22-5-8-25(9-6-22)35-18-4-15-32-13-2-1-3-14-32;2*3-2(4,5)1(6)7/h5-10,19-20,24,31H,1-4,11-18,21H2;2*(H,6,7). The number of carbonyl (C=O) groups is 2. The van der Waals surface area contributed by atoms with Gasteiger partial charge in [0.2, 0.25) is 0 Å². The van der Waals surface area contributed by atoms with Crippen molar-refractivity contribution in [2.45, 2.75) is 63.5 Å². The highest BCUT2D eigenvalue weighted by Crippen LogP contribution is 2.27. The molecule has 2 aliphatic rings. The highest BCUT2D eigenvalue weighted by atomic mass is 35.5. The third-order valence-electron chi connectivity index (χ3n) is 7.80. The molecule has 50 heavy (non-hydrogen) atoms. The molecule has 2 fully saturated rings. The van der Waals surface area contributed by atoms with Gasteiger partial charge in [-0.2, -0.15) is 26.3 Å². The Hall–Kier alpha value is -4.02. The summed E-state index contributed by atoms with van der Waals surface area (Å²) in [4.78, 5) is 34.8. The maximum atomic E-state index is 12.0. The van der Waals surface area contributed by atoms with Gasteiger partial charge in [0, 0.05) is 48.7 Å². The fourth-order valence-corrected chi connectivity index (χ4v) is 5.49. The Morgan fingerprint density at radius 3 is 2.00 bits per heavy atom. The van der Waals surface area contributed by atoms with Crippen molar-refractivity contribution < 1.29 is 55.3 Å². The second-order valence-electron chi connectivity index (χ2n) is 11.7. The maximum absolute atomic E-state index is 12.0. The van der Waals surface area contributed by atoms with Crippen LogP contribution in [0.2, 0.25) is 5.02 Å². The normalized spacial score (nSPS) is 16.1. The second kappa shape index (κ2) is 18.8. The zero-order valence-corrected chi connectivity index (χ0v) is 27.6. The molecule has 0 bridgehead atoms. The van der Waals surface area contributed by atoms with Gasteiger partial charge in [-0.25, -0.2) is 14.4 Å². The summed E-state index contributed by atoms with van der Waals surface area (Å²) >= 11 is 6.18. The van der Waals surface area contributed by atoms with Gasteiger partial charge < -0.3 is 29.6 Å². The molecular formula is C33H38ClF6N3O7. The first-order valence-electron chi connectivity index (χ1n) is 15.8. The fourth-order valence-electron chi connectivity index (χ4n) is 5.32. The number of carboxylic acids is 2. The molecule has 0 aliphatic carbocycles. The van der Waals surface area contributed by atoms with Crippen LogP contribution in [0.3, 0.4) is 0 Å². The summed E-state index contributed by atoms with van der Waals surface area (Å²) in [7, 11) is 0. The van der Waals surface area contributed by atoms with Crippen LogP contribution >= 0.6 is 11.6 Å². The van der Waals surface area contributed by atoms with E-state index in [9.17, 15) is 31.1 Å². The van der Waals surface area contributed by atoms with Crippen molar-refractivity contribution in [1.29, 1.82) is 0 Å². The lowest BCUT2D eigenvalue weighted by molar-refractivity contribution is -0.193. The quantitative estimate of drug-likeness (QED) is 0.119. The number of rotatable bonds is 9. The van der Waals surface area contributed by atoms with Gasteiger partial charge in [-0.3, -0.25) is 4.90 Å². The molecule has 2 aromatic carbocycles. The van der Waals surface area contributed by atoms with Crippen LogP contribution in [0.1, 0.15) is 44.1 Å². The monoisotopic (exact) mass is 737 g/mol. The van der Waals surface area contributed by atoms with Crippen molar-refractivity contribution >= 4 is 40.2 Å². The minimum Gasteiger partial charge on any atom is -0.494 e. The Labute approximate surface area is 288 Å². The van der Waals surface area contributed by atoms with Crippen molar-refractivity contribution in [3.63, 3.8) is 0 Å². The Morgan fingerprint density at radius 1 is 0.860 bits per heavy atom. The van der Waals surface area contributed by atoms with Gasteiger partial charge in [0.25, 0.3) is 0 Å². The van der Waals surface area contributed by atoms with E-state index in [1.807, 2.05) is 6.07 Å². The summed E-state index contributed by atoms with van der Waals surface area (Å²) in [6, 6.07) is 15.7. The van der Waals surface area contributed by atoms with Gasteiger partial charge in [-0.1, -0.05) is 30.2 Å². The van der Waals surface area contributed by atoms with Crippen LogP contribution in [0.15, 0.2) is 57.7 Å². The molecule has 10 nitrogen and oxygen atoms in total. The van der Waals surface area contributed by atoms with Crippen LogP contribution < -0.4 is 15.7 Å². The molecule has 3 aromatic rings. The van der Waals surface area contributed by atoms with Gasteiger partial charge in [0.05, 0.1) is 12.3 Å². The largest absolute Gasteiger partial charge is 0.494 e. The Morgan fingerprint density at radius 2 is 1.44 bits per heavy atom. The van der Waals surface area contributed by atoms with E-state index in [2.05, 4.69) is 39.4 Å². The molecule has 5 rings (SSSR count). The van der Waals surface area contributed by atoms with Crippen LogP contribution in [-0.4, -0.2) is 89.7 Å².